The molecule has 1 aliphatic heterocycles. The van der Waals surface area contributed by atoms with Gasteiger partial charge in [-0.25, -0.2) is 0 Å². The molecule has 1 heterocycles. The summed E-state index contributed by atoms with van der Waals surface area (Å²) in [6, 6.07) is 28.6. The second-order valence-electron chi connectivity index (χ2n) is 7.10. The van der Waals surface area contributed by atoms with E-state index in [0.29, 0.717) is 35.4 Å². The number of carbonyl (C=O) groups is 1. The normalized spacial score (nSPS) is 16.5. The van der Waals surface area contributed by atoms with Crippen molar-refractivity contribution in [2.24, 2.45) is 0 Å². The number of hydrogen-bond acceptors (Lipinski definition) is 1. The van der Waals surface area contributed by atoms with Gasteiger partial charge in [0.25, 0.3) is 5.91 Å². The Morgan fingerprint density at radius 3 is 1.86 bits per heavy atom. The minimum absolute atomic E-state index is 0.0863. The molecule has 1 saturated heterocycles. The Morgan fingerprint density at radius 1 is 0.759 bits per heavy atom. The Morgan fingerprint density at radius 2 is 1.28 bits per heavy atom. The summed E-state index contributed by atoms with van der Waals surface area (Å²) in [5, 5.41) is 0. The van der Waals surface area contributed by atoms with E-state index < -0.39 is 0 Å². The summed E-state index contributed by atoms with van der Waals surface area (Å²) in [5.74, 6) is -0.136. The summed E-state index contributed by atoms with van der Waals surface area (Å²) in [6.07, 6.45) is 1.96. The Balaban J connectivity index is 1.97. The summed E-state index contributed by atoms with van der Waals surface area (Å²) in [6.45, 7) is 1.42. The summed E-state index contributed by atoms with van der Waals surface area (Å²) in [4.78, 5) is 15.4. The van der Waals surface area contributed by atoms with E-state index in [0.717, 1.165) is 18.4 Å². The third-order valence-corrected chi connectivity index (χ3v) is 5.03. The maximum atomic E-state index is 13.5. The van der Waals surface area contributed by atoms with Crippen LogP contribution in [-0.2, 0) is 4.79 Å². The number of allylic oxidation sites excluding steroid dienone is 2. The van der Waals surface area contributed by atoms with Crippen molar-refractivity contribution in [3.05, 3.63) is 114 Å². The van der Waals surface area contributed by atoms with Crippen molar-refractivity contribution >= 4 is 23.1 Å². The summed E-state index contributed by atoms with van der Waals surface area (Å²) in [5.41, 5.74) is 2.98. The zero-order chi connectivity index (χ0) is 21.6. The van der Waals surface area contributed by atoms with Gasteiger partial charge in [0, 0.05) is 18.7 Å². The fraction of sp³-hybridized carbons (Fsp3) is 0.148. The molecule has 0 spiro atoms. The molecule has 0 radical (unpaired) electrons. The number of benzene rings is 3. The second kappa shape index (κ2) is 9.20. The van der Waals surface area contributed by atoms with Crippen LogP contribution >= 0.6 is 0 Å². The predicted octanol–water partition coefficient (Wildman–Crippen LogP) is 5.93. The van der Waals surface area contributed by atoms with Crippen LogP contribution in [0.3, 0.4) is 0 Å². The molecule has 0 saturated carbocycles. The molecule has 0 bridgehead atoms. The molecular weight excluding hydrogens is 354 g/mol. The highest BCUT2D eigenvalue weighted by atomic mass is 16.2. The van der Waals surface area contributed by atoms with Crippen LogP contribution < -0.4 is 0 Å². The van der Waals surface area contributed by atoms with E-state index in [1.54, 1.807) is 0 Å². The van der Waals surface area contributed by atoms with Gasteiger partial charge in [-0.15, -0.1) is 0 Å². The van der Waals surface area contributed by atoms with Crippen LogP contribution in [0.25, 0.3) is 17.2 Å². The average Bonchev–Trinajstić information content (AvgIpc) is 3.36. The molecule has 1 amide bonds. The van der Waals surface area contributed by atoms with Crippen molar-refractivity contribution in [1.29, 1.82) is 0 Å². The van der Waals surface area contributed by atoms with Crippen LogP contribution in [0.2, 0.25) is 0 Å². The topological polar surface area (TPSA) is 20.3 Å². The van der Waals surface area contributed by atoms with Gasteiger partial charge in [-0.3, -0.25) is 4.79 Å². The number of amides is 1. The van der Waals surface area contributed by atoms with Crippen molar-refractivity contribution in [1.82, 2.24) is 4.90 Å². The molecule has 2 nitrogen and oxygen atoms in total. The van der Waals surface area contributed by atoms with Crippen LogP contribution in [0.5, 0.6) is 0 Å². The minimum Gasteiger partial charge on any atom is -0.339 e. The van der Waals surface area contributed by atoms with E-state index in [2.05, 4.69) is 0 Å². The van der Waals surface area contributed by atoms with Crippen molar-refractivity contribution < 1.29 is 7.54 Å². The lowest BCUT2D eigenvalue weighted by molar-refractivity contribution is -0.124. The predicted molar refractivity (Wildman–Crippen MR) is 121 cm³/mol. The Labute approximate surface area is 175 Å². The van der Waals surface area contributed by atoms with Crippen LogP contribution in [0.1, 0.15) is 32.3 Å². The lowest BCUT2D eigenvalue weighted by Crippen LogP contribution is -2.28. The van der Waals surface area contributed by atoms with E-state index in [1.807, 2.05) is 95.9 Å². The number of likely N-dealkylation sites (tertiary alicyclic amines) is 1. The quantitative estimate of drug-likeness (QED) is 0.305. The molecule has 3 aromatic carbocycles. The summed E-state index contributed by atoms with van der Waals surface area (Å²) >= 11 is 0. The van der Waals surface area contributed by atoms with Crippen LogP contribution in [0.15, 0.2) is 97.0 Å². The summed E-state index contributed by atoms with van der Waals surface area (Å²) < 4.78 is 18.1. The molecule has 1 aliphatic rings. The largest absolute Gasteiger partial charge is 0.339 e. The van der Waals surface area contributed by atoms with Gasteiger partial charge in [-0.05, 0) is 47.2 Å². The fourth-order valence-corrected chi connectivity index (χ4v) is 3.50. The highest BCUT2D eigenvalue weighted by Crippen LogP contribution is 2.27. The van der Waals surface area contributed by atoms with E-state index in [4.69, 9.17) is 1.37 Å². The number of hydrogen-bond donors (Lipinski definition) is 0. The maximum absolute atomic E-state index is 13.5. The first-order valence-electron chi connectivity index (χ1n) is 11.0. The second-order valence-corrected chi connectivity index (χ2v) is 7.10. The Kier molecular flexibility index (Phi) is 5.25. The molecule has 0 unspecified atom stereocenters. The molecule has 3 aromatic rings. The highest BCUT2D eigenvalue weighted by molar-refractivity contribution is 6.22. The zero-order valence-corrected chi connectivity index (χ0v) is 16.3. The van der Waals surface area contributed by atoms with Gasteiger partial charge in [0.05, 0.1) is 2.74 Å². The molecule has 0 N–H and O–H groups in total. The highest BCUT2D eigenvalue weighted by Gasteiger charge is 2.22. The van der Waals surface area contributed by atoms with E-state index in [9.17, 15) is 6.17 Å². The number of nitrogens with zero attached hydrogens (tertiary/aromatic N) is 1. The van der Waals surface area contributed by atoms with E-state index in [1.165, 1.54) is 0 Å². The number of rotatable bonds is 5. The standard InChI is InChI=1S/C27H25NO/c29-27(28-18-10-11-19-28)26(24-16-8-3-9-17-24)21-25(23-14-6-2-7-15-23)20-22-12-4-1-5-13-22/h1-9,12-17,20-21H,10-11,18-19H2/b25-20?,26-21-/i20D,21D. The first-order chi connectivity index (χ1) is 15.2. The average molecular weight is 382 g/mol. The SMILES string of the molecule is [2H]C(=C(/C([2H])=C(\C(=O)N1CCCC1)c1ccccc1)c1ccccc1)c1ccccc1. The van der Waals surface area contributed by atoms with E-state index >= 15 is 0 Å². The molecule has 0 aromatic heterocycles. The first kappa shape index (κ1) is 16.6. The third kappa shape index (κ3) is 4.72. The molecule has 29 heavy (non-hydrogen) atoms. The van der Waals surface area contributed by atoms with Gasteiger partial charge in [0.15, 0.2) is 0 Å². The first-order valence-corrected chi connectivity index (χ1v) is 10.0. The molecule has 144 valence electrons. The maximum Gasteiger partial charge on any atom is 0.254 e. The summed E-state index contributed by atoms with van der Waals surface area (Å²) in [7, 11) is 0. The number of carbonyl (C=O) groups excluding carboxylic acids is 1. The smallest absolute Gasteiger partial charge is 0.254 e. The van der Waals surface area contributed by atoms with Crippen LogP contribution in [0, 0.1) is 0 Å². The van der Waals surface area contributed by atoms with Crippen molar-refractivity contribution in [3.8, 4) is 0 Å². The van der Waals surface area contributed by atoms with Gasteiger partial charge in [-0.2, -0.15) is 0 Å². The molecule has 0 aliphatic carbocycles. The van der Waals surface area contributed by atoms with Gasteiger partial charge in [0.2, 0.25) is 0 Å². The van der Waals surface area contributed by atoms with Gasteiger partial charge < -0.3 is 4.90 Å². The molecule has 2 heteroatoms. The van der Waals surface area contributed by atoms with Crippen molar-refractivity contribution in [2.75, 3.05) is 13.1 Å². The zero-order valence-electron chi connectivity index (χ0n) is 18.3. The molecule has 0 atom stereocenters. The van der Waals surface area contributed by atoms with Crippen molar-refractivity contribution in [2.45, 2.75) is 12.8 Å². The minimum atomic E-state index is -0.136. The van der Waals surface area contributed by atoms with Gasteiger partial charge in [-0.1, -0.05) is 91.0 Å². The lowest BCUT2D eigenvalue weighted by Gasteiger charge is -2.18. The van der Waals surface area contributed by atoms with Gasteiger partial charge in [0.1, 0.15) is 0 Å². The molecule has 4 rings (SSSR count). The fourth-order valence-electron chi connectivity index (χ4n) is 3.50. The van der Waals surface area contributed by atoms with E-state index in [-0.39, 0.29) is 18.0 Å². The molecule has 1 fully saturated rings. The Hall–Kier alpha value is -3.39. The lowest BCUT2D eigenvalue weighted by atomic mass is 9.96. The van der Waals surface area contributed by atoms with Gasteiger partial charge >= 0.3 is 0 Å². The van der Waals surface area contributed by atoms with Crippen LogP contribution in [0.4, 0.5) is 0 Å². The molecular formula is C27H25NO. The Bertz CT molecular complexity index is 1100. The van der Waals surface area contributed by atoms with Crippen LogP contribution in [-0.4, -0.2) is 23.9 Å². The third-order valence-electron chi connectivity index (χ3n) is 5.03. The monoisotopic (exact) mass is 381 g/mol. The van der Waals surface area contributed by atoms with Crippen molar-refractivity contribution in [3.63, 3.8) is 0 Å².